The molecule has 3 heterocycles. The van der Waals surface area contributed by atoms with Crippen LogP contribution in [0.4, 0.5) is 5.82 Å². The monoisotopic (exact) mass is 416 g/mol. The molecule has 1 aromatic carbocycles. The molecule has 0 bridgehead atoms. The Morgan fingerprint density at radius 2 is 1.90 bits per heavy atom. The normalized spacial score (nSPS) is 18.5. The molecule has 0 unspecified atom stereocenters. The molecule has 1 aliphatic heterocycles. The molecule has 0 radical (unpaired) electrons. The van der Waals surface area contributed by atoms with E-state index in [9.17, 15) is 0 Å². The number of aromatic nitrogens is 3. The maximum Gasteiger partial charge on any atom is 0.162 e. The van der Waals surface area contributed by atoms with Crippen molar-refractivity contribution in [3.63, 3.8) is 0 Å². The van der Waals surface area contributed by atoms with E-state index >= 15 is 0 Å². The third kappa shape index (κ3) is 3.93. The summed E-state index contributed by atoms with van der Waals surface area (Å²) in [7, 11) is 0. The highest BCUT2D eigenvalue weighted by Crippen LogP contribution is 2.36. The summed E-state index contributed by atoms with van der Waals surface area (Å²) in [6.07, 6.45) is 3.06. The zero-order valence-electron chi connectivity index (χ0n) is 17.6. The van der Waals surface area contributed by atoms with Crippen LogP contribution in [-0.4, -0.2) is 33.5 Å². The molecule has 1 fully saturated rings. The highest BCUT2D eigenvalue weighted by Gasteiger charge is 2.38. The predicted octanol–water partition coefficient (Wildman–Crippen LogP) is 4.95. The molecule has 0 spiro atoms. The van der Waals surface area contributed by atoms with E-state index in [4.69, 9.17) is 31.8 Å². The Balaban J connectivity index is 1.86. The molecule has 156 valence electrons. The molecule has 2 aromatic heterocycles. The van der Waals surface area contributed by atoms with Crippen LogP contribution in [0.3, 0.4) is 0 Å². The number of nitrogens with two attached hydrogens (primary N) is 1. The van der Waals surface area contributed by atoms with Crippen LogP contribution >= 0.6 is 11.6 Å². The maximum atomic E-state index is 6.31. The highest BCUT2D eigenvalue weighted by atomic mass is 35.5. The van der Waals surface area contributed by atoms with Crippen molar-refractivity contribution in [1.29, 1.82) is 0 Å². The number of halogens is 1. The first-order valence-corrected chi connectivity index (χ1v) is 10.6. The zero-order valence-corrected chi connectivity index (χ0v) is 18.3. The van der Waals surface area contributed by atoms with Crippen LogP contribution < -0.4 is 5.73 Å². The fourth-order valence-corrected chi connectivity index (χ4v) is 4.05. The number of nitrogens with zero attached hydrogens (tertiary/aromatic N) is 3. The number of aryl methyl sites for hydroxylation is 1. The molecule has 3 aromatic rings. The first kappa shape index (κ1) is 20.4. The fourth-order valence-electron chi connectivity index (χ4n) is 3.88. The highest BCUT2D eigenvalue weighted by molar-refractivity contribution is 6.31. The van der Waals surface area contributed by atoms with Crippen molar-refractivity contribution in [2.24, 2.45) is 5.41 Å². The topological polar surface area (TPSA) is 75.2 Å². The Bertz CT molecular complexity index is 1050. The second-order valence-corrected chi connectivity index (χ2v) is 9.30. The lowest BCUT2D eigenvalue weighted by atomic mass is 9.91. The second kappa shape index (κ2) is 7.42. The molecule has 4 rings (SSSR count). The van der Waals surface area contributed by atoms with Crippen molar-refractivity contribution in [3.8, 4) is 0 Å². The molecule has 2 N–H and O–H groups in total. The Morgan fingerprint density at radius 3 is 2.59 bits per heavy atom. The lowest BCUT2D eigenvalue weighted by Crippen LogP contribution is -2.47. The van der Waals surface area contributed by atoms with E-state index in [-0.39, 0.29) is 5.41 Å². The van der Waals surface area contributed by atoms with Gasteiger partial charge in [-0.05, 0) is 38.5 Å². The SMILES string of the molecule is CCCCc1nc2c(N)nc3cc(Cl)ccc3c2n1CC1(C)COC(C)(C)OC1. The van der Waals surface area contributed by atoms with Crippen molar-refractivity contribution >= 4 is 39.4 Å². The largest absolute Gasteiger partial charge is 0.382 e. The maximum absolute atomic E-state index is 6.31. The minimum absolute atomic E-state index is 0.166. The van der Waals surface area contributed by atoms with E-state index < -0.39 is 5.79 Å². The Labute approximate surface area is 176 Å². The molecule has 29 heavy (non-hydrogen) atoms. The molecule has 1 saturated heterocycles. The summed E-state index contributed by atoms with van der Waals surface area (Å²) < 4.78 is 14.3. The summed E-state index contributed by atoms with van der Waals surface area (Å²) in [6, 6.07) is 5.75. The number of fused-ring (bicyclic) bond motifs is 3. The lowest BCUT2D eigenvalue weighted by Gasteiger charge is -2.41. The van der Waals surface area contributed by atoms with Crippen LogP contribution in [0.2, 0.25) is 5.02 Å². The number of imidazole rings is 1. The van der Waals surface area contributed by atoms with Crippen LogP contribution in [0.1, 0.15) is 46.4 Å². The minimum Gasteiger partial charge on any atom is -0.382 e. The Hall–Kier alpha value is -1.89. The predicted molar refractivity (Wildman–Crippen MR) is 117 cm³/mol. The smallest absolute Gasteiger partial charge is 0.162 e. The fraction of sp³-hybridized carbons (Fsp3) is 0.545. The molecule has 1 aliphatic rings. The van der Waals surface area contributed by atoms with Gasteiger partial charge in [0.15, 0.2) is 11.6 Å². The first-order valence-electron chi connectivity index (χ1n) is 10.2. The number of hydrogen-bond donors (Lipinski definition) is 1. The van der Waals surface area contributed by atoms with Crippen molar-refractivity contribution in [1.82, 2.24) is 14.5 Å². The zero-order chi connectivity index (χ0) is 20.8. The Morgan fingerprint density at radius 1 is 1.17 bits per heavy atom. The molecule has 6 nitrogen and oxygen atoms in total. The number of nitrogen functional groups attached to an aromatic ring is 1. The van der Waals surface area contributed by atoms with Crippen LogP contribution in [0.15, 0.2) is 18.2 Å². The van der Waals surface area contributed by atoms with Gasteiger partial charge in [-0.2, -0.15) is 0 Å². The number of benzene rings is 1. The molecule has 0 amide bonds. The van der Waals surface area contributed by atoms with E-state index in [0.717, 1.165) is 53.6 Å². The van der Waals surface area contributed by atoms with E-state index in [0.29, 0.717) is 24.1 Å². The van der Waals surface area contributed by atoms with Gasteiger partial charge in [-0.15, -0.1) is 0 Å². The van der Waals surface area contributed by atoms with Crippen molar-refractivity contribution in [3.05, 3.63) is 29.0 Å². The van der Waals surface area contributed by atoms with Gasteiger partial charge in [-0.1, -0.05) is 31.9 Å². The van der Waals surface area contributed by atoms with Gasteiger partial charge in [0.1, 0.15) is 11.3 Å². The van der Waals surface area contributed by atoms with E-state index in [1.165, 1.54) is 0 Å². The van der Waals surface area contributed by atoms with Gasteiger partial charge >= 0.3 is 0 Å². The summed E-state index contributed by atoms with van der Waals surface area (Å²) in [5, 5.41) is 1.65. The van der Waals surface area contributed by atoms with Gasteiger partial charge in [-0.3, -0.25) is 0 Å². The van der Waals surface area contributed by atoms with Crippen LogP contribution in [0, 0.1) is 5.41 Å². The summed E-state index contributed by atoms with van der Waals surface area (Å²) in [4.78, 5) is 9.46. The van der Waals surface area contributed by atoms with Gasteiger partial charge < -0.3 is 19.8 Å². The van der Waals surface area contributed by atoms with Crippen LogP contribution in [0.5, 0.6) is 0 Å². The average Bonchev–Trinajstić information content (AvgIpc) is 3.02. The number of unbranched alkanes of at least 4 members (excludes halogenated alkanes) is 1. The van der Waals surface area contributed by atoms with Gasteiger partial charge in [0.2, 0.25) is 0 Å². The van der Waals surface area contributed by atoms with Gasteiger partial charge in [-0.25, -0.2) is 9.97 Å². The van der Waals surface area contributed by atoms with Crippen LogP contribution in [-0.2, 0) is 22.4 Å². The molecular formula is C22H29ClN4O2. The van der Waals surface area contributed by atoms with E-state index in [1.807, 2.05) is 32.0 Å². The first-order chi connectivity index (χ1) is 13.7. The number of pyridine rings is 1. The average molecular weight is 417 g/mol. The summed E-state index contributed by atoms with van der Waals surface area (Å²) in [5.41, 5.74) is 8.70. The number of ether oxygens (including phenoxy) is 2. The molecule has 0 aliphatic carbocycles. The van der Waals surface area contributed by atoms with Gasteiger partial charge in [0.25, 0.3) is 0 Å². The number of rotatable bonds is 5. The number of anilines is 1. The van der Waals surface area contributed by atoms with Crippen molar-refractivity contribution in [2.45, 2.75) is 59.3 Å². The third-order valence-corrected chi connectivity index (χ3v) is 5.81. The summed E-state index contributed by atoms with van der Waals surface area (Å²) in [5.74, 6) is 0.928. The minimum atomic E-state index is -0.542. The standard InChI is InChI=1S/C22H29ClN4O2/c1-5-6-7-17-26-18-19(15-9-8-14(23)10-16(15)25-20(18)24)27(17)11-22(4)12-28-21(2,3)29-13-22/h8-10H,5-7,11-13H2,1-4H3,(H2,24,25). The molecule has 7 heteroatoms. The van der Waals surface area contributed by atoms with E-state index in [2.05, 4.69) is 23.4 Å². The van der Waals surface area contributed by atoms with E-state index in [1.54, 1.807) is 0 Å². The van der Waals surface area contributed by atoms with Crippen LogP contribution in [0.25, 0.3) is 21.9 Å². The van der Waals surface area contributed by atoms with Gasteiger partial charge in [0, 0.05) is 28.8 Å². The summed E-state index contributed by atoms with van der Waals surface area (Å²) in [6.45, 7) is 10.3. The van der Waals surface area contributed by atoms with Crippen molar-refractivity contribution in [2.75, 3.05) is 18.9 Å². The summed E-state index contributed by atoms with van der Waals surface area (Å²) >= 11 is 6.20. The number of hydrogen-bond acceptors (Lipinski definition) is 5. The van der Waals surface area contributed by atoms with Gasteiger partial charge in [0.05, 0.1) is 24.2 Å². The van der Waals surface area contributed by atoms with Crippen molar-refractivity contribution < 1.29 is 9.47 Å². The lowest BCUT2D eigenvalue weighted by molar-refractivity contribution is -0.284. The third-order valence-electron chi connectivity index (χ3n) is 5.58. The quantitative estimate of drug-likeness (QED) is 0.636. The molecular weight excluding hydrogens is 388 g/mol. The Kier molecular flexibility index (Phi) is 5.21. The molecule has 0 atom stereocenters. The second-order valence-electron chi connectivity index (χ2n) is 8.86. The molecule has 0 saturated carbocycles.